The largest absolute Gasteiger partial charge is 0.481 e. The number of hydrogen-bond donors (Lipinski definition) is 2. The minimum absolute atomic E-state index is 0.106. The Bertz CT molecular complexity index is 531. The molecule has 0 unspecified atom stereocenters. The van der Waals surface area contributed by atoms with E-state index in [-0.39, 0.29) is 23.1 Å². The summed E-state index contributed by atoms with van der Waals surface area (Å²) in [5, 5.41) is 22.7. The Morgan fingerprint density at radius 1 is 1.63 bits per heavy atom. The van der Waals surface area contributed by atoms with Crippen molar-refractivity contribution in [3.05, 3.63) is 27.4 Å². The van der Waals surface area contributed by atoms with E-state index in [1.165, 1.54) is 6.07 Å². The molecule has 102 valence electrons. The number of nitro groups is 1. The zero-order valence-electron chi connectivity index (χ0n) is 9.93. The van der Waals surface area contributed by atoms with Crippen LogP contribution < -0.4 is 5.32 Å². The molecule has 2 N–H and O–H groups in total. The Morgan fingerprint density at radius 2 is 2.32 bits per heavy atom. The summed E-state index contributed by atoms with van der Waals surface area (Å²) in [4.78, 5) is 25.0. The fourth-order valence-corrected chi connectivity index (χ4v) is 2.21. The van der Waals surface area contributed by atoms with Crippen molar-refractivity contribution in [3.8, 4) is 0 Å². The highest BCUT2D eigenvalue weighted by Crippen LogP contribution is 2.41. The zero-order chi connectivity index (χ0) is 14.0. The van der Waals surface area contributed by atoms with Crippen molar-refractivity contribution in [2.24, 2.45) is 5.41 Å². The highest BCUT2D eigenvalue weighted by Gasteiger charge is 2.44. The third kappa shape index (κ3) is 2.60. The summed E-state index contributed by atoms with van der Waals surface area (Å²) in [5.41, 5.74) is -0.973. The van der Waals surface area contributed by atoms with Gasteiger partial charge in [-0.2, -0.15) is 0 Å². The molecule has 1 fully saturated rings. The van der Waals surface area contributed by atoms with E-state index in [1.807, 2.05) is 0 Å². The smallest absolute Gasteiger partial charge is 0.311 e. The van der Waals surface area contributed by atoms with E-state index in [0.717, 1.165) is 12.6 Å². The predicted octanol–water partition coefficient (Wildman–Crippen LogP) is 2.31. The van der Waals surface area contributed by atoms with Crippen molar-refractivity contribution >= 4 is 29.1 Å². The summed E-state index contributed by atoms with van der Waals surface area (Å²) in [5.74, 6) is -0.580. The quantitative estimate of drug-likeness (QED) is 0.635. The zero-order valence-corrected chi connectivity index (χ0v) is 10.7. The number of carbonyl (C=O) groups is 1. The van der Waals surface area contributed by atoms with Gasteiger partial charge in [-0.05, 0) is 12.8 Å². The van der Waals surface area contributed by atoms with Gasteiger partial charge in [0.05, 0.1) is 15.4 Å². The molecule has 1 aliphatic rings. The first kappa shape index (κ1) is 13.5. The summed E-state index contributed by atoms with van der Waals surface area (Å²) in [6.45, 7) is 0.215. The minimum atomic E-state index is -0.843. The summed E-state index contributed by atoms with van der Waals surface area (Å²) in [6, 6.07) is 1.19. The topological polar surface area (TPSA) is 105 Å². The van der Waals surface area contributed by atoms with Crippen LogP contribution >= 0.6 is 11.6 Å². The monoisotopic (exact) mass is 285 g/mol. The van der Waals surface area contributed by atoms with Gasteiger partial charge in [0.2, 0.25) is 0 Å². The third-order valence-electron chi connectivity index (χ3n) is 3.40. The number of aromatic nitrogens is 1. The number of nitrogens with one attached hydrogen (secondary N) is 1. The molecule has 2 rings (SSSR count). The van der Waals surface area contributed by atoms with Crippen LogP contribution in [-0.4, -0.2) is 27.5 Å². The van der Waals surface area contributed by atoms with Gasteiger partial charge >= 0.3 is 5.97 Å². The van der Waals surface area contributed by atoms with E-state index >= 15 is 0 Å². The highest BCUT2D eigenvalue weighted by molar-refractivity contribution is 6.33. The fourth-order valence-electron chi connectivity index (χ4n) is 1.98. The van der Waals surface area contributed by atoms with Crippen LogP contribution in [0.15, 0.2) is 12.3 Å². The van der Waals surface area contributed by atoms with Crippen molar-refractivity contribution in [2.75, 3.05) is 11.9 Å². The van der Waals surface area contributed by atoms with Crippen molar-refractivity contribution in [2.45, 2.75) is 19.3 Å². The molecule has 0 bridgehead atoms. The molecule has 1 aromatic heterocycles. The van der Waals surface area contributed by atoms with E-state index in [4.69, 9.17) is 16.7 Å². The molecule has 7 nitrogen and oxygen atoms in total. The Hall–Kier alpha value is -1.89. The normalized spacial score (nSPS) is 16.5. The van der Waals surface area contributed by atoms with E-state index in [9.17, 15) is 14.9 Å². The number of anilines is 1. The number of halogens is 1. The van der Waals surface area contributed by atoms with Gasteiger partial charge < -0.3 is 10.4 Å². The Labute approximate surface area is 113 Å². The number of carboxylic acid groups (broad SMARTS) is 1. The van der Waals surface area contributed by atoms with Gasteiger partial charge in [-0.15, -0.1) is 0 Å². The van der Waals surface area contributed by atoms with Gasteiger partial charge in [-0.25, -0.2) is 4.98 Å². The third-order valence-corrected chi connectivity index (χ3v) is 3.68. The van der Waals surface area contributed by atoms with Crippen LogP contribution in [0.5, 0.6) is 0 Å². The second-order valence-corrected chi connectivity index (χ2v) is 4.98. The standard InChI is InChI=1S/C11H12ClN3O4/c12-8-4-7(15(18)19)5-13-9(8)14-6-11(10(16)17)2-1-3-11/h4-5H,1-3,6H2,(H,13,14)(H,16,17). The number of nitrogens with zero attached hydrogens (tertiary/aromatic N) is 2. The second kappa shape index (κ2) is 5.00. The van der Waals surface area contributed by atoms with Crippen molar-refractivity contribution in [3.63, 3.8) is 0 Å². The van der Waals surface area contributed by atoms with Crippen molar-refractivity contribution in [1.29, 1.82) is 0 Å². The van der Waals surface area contributed by atoms with E-state index < -0.39 is 16.3 Å². The maximum Gasteiger partial charge on any atom is 0.311 e. The summed E-state index contributed by atoms with van der Waals surface area (Å²) in [7, 11) is 0. The lowest BCUT2D eigenvalue weighted by Crippen LogP contribution is -2.43. The summed E-state index contributed by atoms with van der Waals surface area (Å²) < 4.78 is 0. The molecule has 1 aromatic rings. The lowest BCUT2D eigenvalue weighted by atomic mass is 9.69. The van der Waals surface area contributed by atoms with Gasteiger partial charge in [0, 0.05) is 12.6 Å². The molecule has 19 heavy (non-hydrogen) atoms. The molecule has 0 aromatic carbocycles. The van der Waals surface area contributed by atoms with Gasteiger partial charge in [-0.1, -0.05) is 18.0 Å². The lowest BCUT2D eigenvalue weighted by Gasteiger charge is -2.37. The van der Waals surface area contributed by atoms with Crippen LogP contribution in [0.3, 0.4) is 0 Å². The fraction of sp³-hybridized carbons (Fsp3) is 0.455. The summed E-state index contributed by atoms with van der Waals surface area (Å²) >= 11 is 5.87. The molecule has 0 atom stereocenters. The van der Waals surface area contributed by atoms with Crippen LogP contribution in [0, 0.1) is 15.5 Å². The molecule has 1 saturated carbocycles. The van der Waals surface area contributed by atoms with Gasteiger partial charge in [-0.3, -0.25) is 14.9 Å². The SMILES string of the molecule is O=C(O)C1(CNc2ncc([N+](=O)[O-])cc2Cl)CCC1. The first-order valence-corrected chi connectivity index (χ1v) is 6.10. The molecule has 0 aliphatic heterocycles. The molecule has 1 heterocycles. The number of hydrogen-bond acceptors (Lipinski definition) is 5. The Morgan fingerprint density at radius 3 is 2.74 bits per heavy atom. The van der Waals surface area contributed by atoms with Crippen LogP contribution in [0.4, 0.5) is 11.5 Å². The van der Waals surface area contributed by atoms with E-state index in [2.05, 4.69) is 10.3 Å². The molecule has 0 spiro atoms. The number of carboxylic acids is 1. The average Bonchev–Trinajstić information content (AvgIpc) is 2.28. The molecule has 1 aliphatic carbocycles. The van der Waals surface area contributed by atoms with E-state index in [0.29, 0.717) is 12.8 Å². The molecule has 8 heteroatoms. The maximum absolute atomic E-state index is 11.2. The lowest BCUT2D eigenvalue weighted by molar-refractivity contribution is -0.385. The summed E-state index contributed by atoms with van der Waals surface area (Å²) in [6.07, 6.45) is 3.19. The number of rotatable bonds is 5. The van der Waals surface area contributed by atoms with Crippen LogP contribution in [0.1, 0.15) is 19.3 Å². The molecule has 0 saturated heterocycles. The molecule has 0 radical (unpaired) electrons. The van der Waals surface area contributed by atoms with Crippen LogP contribution in [0.25, 0.3) is 0 Å². The van der Waals surface area contributed by atoms with Crippen molar-refractivity contribution < 1.29 is 14.8 Å². The first-order chi connectivity index (χ1) is 8.94. The Kier molecular flexibility index (Phi) is 3.57. The molecule has 0 amide bonds. The molecular weight excluding hydrogens is 274 g/mol. The average molecular weight is 286 g/mol. The second-order valence-electron chi connectivity index (χ2n) is 4.57. The Balaban J connectivity index is 2.08. The number of aliphatic carboxylic acids is 1. The predicted molar refractivity (Wildman–Crippen MR) is 68.3 cm³/mol. The van der Waals surface area contributed by atoms with Gasteiger partial charge in [0.15, 0.2) is 0 Å². The number of pyridine rings is 1. The maximum atomic E-state index is 11.2. The van der Waals surface area contributed by atoms with E-state index in [1.54, 1.807) is 0 Å². The van der Waals surface area contributed by atoms with Crippen LogP contribution in [-0.2, 0) is 4.79 Å². The van der Waals surface area contributed by atoms with Crippen LogP contribution in [0.2, 0.25) is 5.02 Å². The molecular formula is C11H12ClN3O4. The van der Waals surface area contributed by atoms with Gasteiger partial charge in [0.1, 0.15) is 12.0 Å². The first-order valence-electron chi connectivity index (χ1n) is 5.72. The van der Waals surface area contributed by atoms with Gasteiger partial charge in [0.25, 0.3) is 5.69 Å². The highest BCUT2D eigenvalue weighted by atomic mass is 35.5. The minimum Gasteiger partial charge on any atom is -0.481 e. The van der Waals surface area contributed by atoms with Crippen molar-refractivity contribution in [1.82, 2.24) is 4.98 Å².